The molecule has 2 heterocycles. The fraction of sp³-hybridized carbons (Fsp3) is 0.286. The molecule has 0 unspecified atom stereocenters. The highest BCUT2D eigenvalue weighted by molar-refractivity contribution is 6.02. The van der Waals surface area contributed by atoms with E-state index in [4.69, 9.17) is 0 Å². The van der Waals surface area contributed by atoms with E-state index in [1.54, 1.807) is 0 Å². The van der Waals surface area contributed by atoms with Gasteiger partial charge < -0.3 is 5.32 Å². The van der Waals surface area contributed by atoms with E-state index in [0.29, 0.717) is 5.82 Å². The highest BCUT2D eigenvalue weighted by atomic mass is 19.4. The van der Waals surface area contributed by atoms with Gasteiger partial charge >= 0.3 is 6.18 Å². The van der Waals surface area contributed by atoms with Crippen LogP contribution in [0.15, 0.2) is 30.6 Å². The Morgan fingerprint density at radius 2 is 1.91 bits per heavy atom. The van der Waals surface area contributed by atoms with Crippen molar-refractivity contribution in [3.05, 3.63) is 47.7 Å². The maximum absolute atomic E-state index is 12.6. The quantitative estimate of drug-likeness (QED) is 0.946. The zero-order valence-electron chi connectivity index (χ0n) is 11.3. The summed E-state index contributed by atoms with van der Waals surface area (Å²) in [5.41, 5.74) is -0.768. The SMILES string of the molecule is O=C(Nc1cc(C(F)(F)F)ccn1)c1ccnc(C2CC2)n1. The summed E-state index contributed by atoms with van der Waals surface area (Å²) in [6.07, 6.45) is -0.0554. The Morgan fingerprint density at radius 1 is 1.18 bits per heavy atom. The average Bonchev–Trinajstić information content (AvgIpc) is 3.31. The Balaban J connectivity index is 1.78. The molecule has 1 aliphatic rings. The highest BCUT2D eigenvalue weighted by Gasteiger charge is 2.31. The molecule has 0 atom stereocenters. The van der Waals surface area contributed by atoms with Crippen LogP contribution in [0.25, 0.3) is 0 Å². The van der Waals surface area contributed by atoms with Gasteiger partial charge in [0.1, 0.15) is 17.3 Å². The molecular weight excluding hydrogens is 297 g/mol. The summed E-state index contributed by atoms with van der Waals surface area (Å²) in [4.78, 5) is 24.0. The lowest BCUT2D eigenvalue weighted by atomic mass is 10.2. The van der Waals surface area contributed by atoms with Crippen LogP contribution >= 0.6 is 0 Å². The monoisotopic (exact) mass is 308 g/mol. The van der Waals surface area contributed by atoms with Crippen LogP contribution in [-0.2, 0) is 6.18 Å². The molecule has 1 saturated carbocycles. The number of rotatable bonds is 3. The molecular formula is C14H11F3N4O. The second-order valence-corrected chi connectivity index (χ2v) is 4.96. The van der Waals surface area contributed by atoms with Crippen molar-refractivity contribution in [3.63, 3.8) is 0 Å². The molecule has 0 saturated heterocycles. The molecule has 8 heteroatoms. The molecule has 2 aromatic heterocycles. The summed E-state index contributed by atoms with van der Waals surface area (Å²) in [5, 5.41) is 2.32. The third-order valence-corrected chi connectivity index (χ3v) is 3.18. The number of hydrogen-bond donors (Lipinski definition) is 1. The molecule has 1 aliphatic carbocycles. The lowest BCUT2D eigenvalue weighted by Gasteiger charge is -2.09. The molecule has 1 N–H and O–H groups in total. The van der Waals surface area contributed by atoms with E-state index in [9.17, 15) is 18.0 Å². The molecule has 1 fully saturated rings. The maximum atomic E-state index is 12.6. The van der Waals surface area contributed by atoms with Crippen molar-refractivity contribution >= 4 is 11.7 Å². The van der Waals surface area contributed by atoms with Crippen LogP contribution in [0.2, 0.25) is 0 Å². The molecule has 0 aromatic carbocycles. The molecule has 22 heavy (non-hydrogen) atoms. The fourth-order valence-electron chi connectivity index (χ4n) is 1.89. The summed E-state index contributed by atoms with van der Waals surface area (Å²) in [7, 11) is 0. The molecule has 5 nitrogen and oxygen atoms in total. The van der Waals surface area contributed by atoms with Gasteiger partial charge in [-0.25, -0.2) is 15.0 Å². The van der Waals surface area contributed by atoms with Crippen LogP contribution in [-0.4, -0.2) is 20.9 Å². The number of aromatic nitrogens is 3. The van der Waals surface area contributed by atoms with Crippen molar-refractivity contribution < 1.29 is 18.0 Å². The average molecular weight is 308 g/mol. The first kappa shape index (κ1) is 14.4. The van der Waals surface area contributed by atoms with Crippen molar-refractivity contribution in [1.29, 1.82) is 0 Å². The van der Waals surface area contributed by atoms with E-state index in [1.807, 2.05) is 0 Å². The Hall–Kier alpha value is -2.51. The number of hydrogen-bond acceptors (Lipinski definition) is 4. The third-order valence-electron chi connectivity index (χ3n) is 3.18. The predicted octanol–water partition coefficient (Wildman–Crippen LogP) is 3.02. The highest BCUT2D eigenvalue weighted by Crippen LogP contribution is 2.37. The lowest BCUT2D eigenvalue weighted by Crippen LogP contribution is -2.16. The Morgan fingerprint density at radius 3 is 2.59 bits per heavy atom. The van der Waals surface area contributed by atoms with E-state index in [-0.39, 0.29) is 17.4 Å². The Kier molecular flexibility index (Phi) is 3.51. The summed E-state index contributed by atoms with van der Waals surface area (Å²) in [6, 6.07) is 3.03. The van der Waals surface area contributed by atoms with E-state index in [1.165, 1.54) is 12.3 Å². The standard InChI is InChI=1S/C14H11F3N4O/c15-14(16,17)9-3-5-18-11(7-9)21-13(22)10-4-6-19-12(20-10)8-1-2-8/h3-8H,1-2H2,(H,18,21,22). The summed E-state index contributed by atoms with van der Waals surface area (Å²) in [5.74, 6) is 0.0756. The molecule has 1 amide bonds. The van der Waals surface area contributed by atoms with Crippen molar-refractivity contribution in [1.82, 2.24) is 15.0 Å². The molecule has 2 aromatic rings. The Labute approximate surface area is 123 Å². The van der Waals surface area contributed by atoms with Crippen LogP contribution < -0.4 is 5.32 Å². The number of amides is 1. The van der Waals surface area contributed by atoms with Gasteiger partial charge in [0.05, 0.1) is 5.56 Å². The van der Waals surface area contributed by atoms with Gasteiger partial charge in [-0.05, 0) is 31.0 Å². The fourth-order valence-corrected chi connectivity index (χ4v) is 1.89. The molecule has 3 rings (SSSR count). The molecule has 114 valence electrons. The van der Waals surface area contributed by atoms with E-state index in [2.05, 4.69) is 20.3 Å². The summed E-state index contributed by atoms with van der Waals surface area (Å²) in [6.45, 7) is 0. The predicted molar refractivity (Wildman–Crippen MR) is 71.2 cm³/mol. The summed E-state index contributed by atoms with van der Waals surface area (Å²) >= 11 is 0. The zero-order chi connectivity index (χ0) is 15.7. The van der Waals surface area contributed by atoms with Crippen molar-refractivity contribution in [2.75, 3.05) is 5.32 Å². The number of nitrogens with one attached hydrogen (secondary N) is 1. The van der Waals surface area contributed by atoms with Crippen LogP contribution in [0.1, 0.15) is 40.6 Å². The van der Waals surface area contributed by atoms with Gasteiger partial charge in [-0.2, -0.15) is 13.2 Å². The maximum Gasteiger partial charge on any atom is 0.416 e. The topological polar surface area (TPSA) is 67.8 Å². The van der Waals surface area contributed by atoms with Gasteiger partial charge in [0, 0.05) is 18.3 Å². The number of pyridine rings is 1. The largest absolute Gasteiger partial charge is 0.416 e. The van der Waals surface area contributed by atoms with Crippen LogP contribution in [0, 0.1) is 0 Å². The minimum absolute atomic E-state index is 0.108. The van der Waals surface area contributed by atoms with Gasteiger partial charge in [0.25, 0.3) is 5.91 Å². The van der Waals surface area contributed by atoms with Gasteiger partial charge in [0.2, 0.25) is 0 Å². The molecule has 0 bridgehead atoms. The zero-order valence-corrected chi connectivity index (χ0v) is 11.3. The van der Waals surface area contributed by atoms with E-state index < -0.39 is 17.6 Å². The first-order valence-electron chi connectivity index (χ1n) is 6.61. The van der Waals surface area contributed by atoms with Crippen molar-refractivity contribution in [2.24, 2.45) is 0 Å². The number of alkyl halides is 3. The van der Waals surface area contributed by atoms with Gasteiger partial charge in [-0.3, -0.25) is 4.79 Å². The van der Waals surface area contributed by atoms with Crippen molar-refractivity contribution in [3.8, 4) is 0 Å². The van der Waals surface area contributed by atoms with Gasteiger partial charge in [0.15, 0.2) is 0 Å². The van der Waals surface area contributed by atoms with E-state index >= 15 is 0 Å². The second-order valence-electron chi connectivity index (χ2n) is 4.96. The first-order chi connectivity index (χ1) is 10.4. The van der Waals surface area contributed by atoms with Crippen LogP contribution in [0.3, 0.4) is 0 Å². The Bertz CT molecular complexity index is 713. The minimum Gasteiger partial charge on any atom is -0.305 e. The third kappa shape index (κ3) is 3.21. The number of carbonyl (C=O) groups is 1. The van der Waals surface area contributed by atoms with Crippen LogP contribution in [0.5, 0.6) is 0 Å². The van der Waals surface area contributed by atoms with Gasteiger partial charge in [-0.15, -0.1) is 0 Å². The normalized spacial score (nSPS) is 14.7. The number of nitrogens with zero attached hydrogens (tertiary/aromatic N) is 3. The minimum atomic E-state index is -4.49. The summed E-state index contributed by atoms with van der Waals surface area (Å²) < 4.78 is 37.8. The smallest absolute Gasteiger partial charge is 0.305 e. The molecule has 0 radical (unpaired) electrons. The molecule has 0 aliphatic heterocycles. The second kappa shape index (κ2) is 5.36. The first-order valence-corrected chi connectivity index (χ1v) is 6.61. The number of anilines is 1. The number of carbonyl (C=O) groups excluding carboxylic acids is 1. The van der Waals surface area contributed by atoms with E-state index in [0.717, 1.165) is 31.2 Å². The van der Waals surface area contributed by atoms with Gasteiger partial charge in [-0.1, -0.05) is 0 Å². The lowest BCUT2D eigenvalue weighted by molar-refractivity contribution is -0.137. The number of halogens is 3. The molecule has 0 spiro atoms. The van der Waals surface area contributed by atoms with Crippen LogP contribution in [0.4, 0.5) is 19.0 Å². The van der Waals surface area contributed by atoms with Crippen molar-refractivity contribution in [2.45, 2.75) is 24.9 Å².